The molecule has 0 unspecified atom stereocenters. The smallest absolute Gasteiger partial charge is 0.310 e. The molecule has 3 heterocycles. The Bertz CT molecular complexity index is 701. The van der Waals surface area contributed by atoms with Crippen LogP contribution in [0.1, 0.15) is 40.5 Å². The normalized spacial score (nSPS) is 35.0. The molecule has 3 aliphatic rings. The largest absolute Gasteiger partial charge is 0.481 e. The highest BCUT2D eigenvalue weighted by Crippen LogP contribution is 2.59. The fraction of sp³-hybridized carbons (Fsp3) is 0.750. The number of fused-ring (bicyclic) bond motifs is 1. The Morgan fingerprint density at radius 1 is 1.46 bits per heavy atom. The second-order valence-electron chi connectivity index (χ2n) is 9.08. The number of nitrogens with zero attached hydrogens (tertiary/aromatic N) is 2. The van der Waals surface area contributed by atoms with E-state index in [1.54, 1.807) is 17.9 Å². The summed E-state index contributed by atoms with van der Waals surface area (Å²) in [7, 11) is 0. The standard InChI is InChI=1S/C20H30N2O6/c1-6-9-21(19(3,4)5)17(25)15-20-8-7-12(28-20)13(18(26)27)14(20)16(24)22(15)11(2)10-23/h6,11-15,23H,1,7-10H2,2-5H3,(H,26,27)/t11-,12+,13-,14-,15+,20-/m1/s1. The van der Waals surface area contributed by atoms with E-state index in [0.717, 1.165) is 0 Å². The number of aliphatic hydroxyl groups is 1. The first-order valence-electron chi connectivity index (χ1n) is 9.77. The van der Waals surface area contributed by atoms with E-state index in [2.05, 4.69) is 6.58 Å². The summed E-state index contributed by atoms with van der Waals surface area (Å²) in [6.07, 6.45) is 2.02. The second-order valence-corrected chi connectivity index (χ2v) is 9.08. The van der Waals surface area contributed by atoms with Crippen molar-refractivity contribution < 1.29 is 29.3 Å². The molecule has 1 spiro atoms. The third kappa shape index (κ3) is 2.76. The van der Waals surface area contributed by atoms with E-state index in [9.17, 15) is 24.6 Å². The Balaban J connectivity index is 2.11. The molecule has 8 heteroatoms. The van der Waals surface area contributed by atoms with Gasteiger partial charge in [0.05, 0.1) is 30.6 Å². The number of aliphatic hydroxyl groups excluding tert-OH is 1. The molecule has 3 saturated heterocycles. The van der Waals surface area contributed by atoms with Gasteiger partial charge in [0.1, 0.15) is 11.6 Å². The molecule has 156 valence electrons. The number of carboxylic acids is 1. The SMILES string of the molecule is C=CCN(C(=O)[C@@H]1N([C@H](C)CO)C(=O)[C@H]2[C@H](C(=O)O)[C@@H]3CC[C@]12O3)C(C)(C)C. The van der Waals surface area contributed by atoms with E-state index < -0.39 is 53.0 Å². The average molecular weight is 394 g/mol. The minimum absolute atomic E-state index is 0.293. The van der Waals surface area contributed by atoms with Gasteiger partial charge in [-0.1, -0.05) is 6.08 Å². The molecule has 2 bridgehead atoms. The molecule has 28 heavy (non-hydrogen) atoms. The van der Waals surface area contributed by atoms with Crippen molar-refractivity contribution in [3.8, 4) is 0 Å². The van der Waals surface area contributed by atoms with Gasteiger partial charge in [-0.15, -0.1) is 6.58 Å². The van der Waals surface area contributed by atoms with Crippen molar-refractivity contribution in [2.75, 3.05) is 13.2 Å². The summed E-state index contributed by atoms with van der Waals surface area (Å²) in [5.74, 6) is -3.65. The number of amides is 2. The number of carboxylic acid groups (broad SMARTS) is 1. The average Bonchev–Trinajstić information content (AvgIpc) is 3.24. The van der Waals surface area contributed by atoms with Crippen molar-refractivity contribution in [2.45, 2.75) is 69.9 Å². The zero-order chi connectivity index (χ0) is 21.0. The van der Waals surface area contributed by atoms with Crippen LogP contribution in [-0.2, 0) is 19.1 Å². The molecule has 6 atom stereocenters. The summed E-state index contributed by atoms with van der Waals surface area (Å²) in [6, 6.07) is -1.58. The number of likely N-dealkylation sites (tertiary alicyclic amines) is 1. The predicted octanol–water partition coefficient (Wildman–Crippen LogP) is 0.640. The first-order valence-corrected chi connectivity index (χ1v) is 9.77. The lowest BCUT2D eigenvalue weighted by Crippen LogP contribution is -2.61. The highest BCUT2D eigenvalue weighted by molar-refractivity contribution is 5.98. The summed E-state index contributed by atoms with van der Waals surface area (Å²) in [4.78, 5) is 41.9. The number of hydrogen-bond donors (Lipinski definition) is 2. The maximum Gasteiger partial charge on any atom is 0.310 e. The number of carbonyl (C=O) groups excluding carboxylic acids is 2. The molecular weight excluding hydrogens is 364 g/mol. The number of hydrogen-bond acceptors (Lipinski definition) is 5. The van der Waals surface area contributed by atoms with Crippen LogP contribution in [0.25, 0.3) is 0 Å². The van der Waals surface area contributed by atoms with Gasteiger partial charge in [-0.2, -0.15) is 0 Å². The molecule has 0 aromatic heterocycles. The molecule has 0 aromatic carbocycles. The van der Waals surface area contributed by atoms with Crippen molar-refractivity contribution in [1.82, 2.24) is 9.80 Å². The quantitative estimate of drug-likeness (QED) is 0.640. The minimum Gasteiger partial charge on any atom is -0.481 e. The maximum absolute atomic E-state index is 13.7. The molecule has 8 nitrogen and oxygen atoms in total. The van der Waals surface area contributed by atoms with Crippen LogP contribution in [0.5, 0.6) is 0 Å². The monoisotopic (exact) mass is 394 g/mol. The Kier molecular flexibility index (Phi) is 5.08. The van der Waals surface area contributed by atoms with E-state index in [-0.39, 0.29) is 12.5 Å². The Hall–Kier alpha value is -1.93. The molecular formula is C20H30N2O6. The Labute approximate surface area is 165 Å². The van der Waals surface area contributed by atoms with E-state index in [1.165, 1.54) is 4.90 Å². The van der Waals surface area contributed by atoms with Crippen LogP contribution in [0.4, 0.5) is 0 Å². The van der Waals surface area contributed by atoms with Crippen LogP contribution in [0, 0.1) is 11.8 Å². The van der Waals surface area contributed by atoms with Crippen molar-refractivity contribution in [3.63, 3.8) is 0 Å². The van der Waals surface area contributed by atoms with Crippen LogP contribution in [0.2, 0.25) is 0 Å². The molecule has 0 radical (unpaired) electrons. The zero-order valence-corrected chi connectivity index (χ0v) is 16.9. The third-order valence-corrected chi connectivity index (χ3v) is 6.38. The molecule has 2 N–H and O–H groups in total. The summed E-state index contributed by atoms with van der Waals surface area (Å²) in [5, 5.41) is 19.4. The predicted molar refractivity (Wildman–Crippen MR) is 100 cm³/mol. The lowest BCUT2D eigenvalue weighted by Gasteiger charge is -2.43. The lowest BCUT2D eigenvalue weighted by molar-refractivity contribution is -0.155. The number of carbonyl (C=O) groups is 3. The molecule has 3 fully saturated rings. The number of rotatable bonds is 6. The van der Waals surface area contributed by atoms with Gasteiger partial charge in [0.2, 0.25) is 11.8 Å². The van der Waals surface area contributed by atoms with Crippen LogP contribution in [0.15, 0.2) is 12.7 Å². The van der Waals surface area contributed by atoms with Gasteiger partial charge >= 0.3 is 5.97 Å². The van der Waals surface area contributed by atoms with E-state index in [1.807, 2.05) is 20.8 Å². The molecule has 2 amide bonds. The highest BCUT2D eigenvalue weighted by atomic mass is 16.5. The molecule has 0 aliphatic carbocycles. The van der Waals surface area contributed by atoms with E-state index in [0.29, 0.717) is 19.4 Å². The first-order chi connectivity index (χ1) is 13.0. The van der Waals surface area contributed by atoms with Gasteiger partial charge in [-0.05, 0) is 40.5 Å². The topological polar surface area (TPSA) is 107 Å². The van der Waals surface area contributed by atoms with Gasteiger partial charge in [-0.25, -0.2) is 0 Å². The van der Waals surface area contributed by atoms with Gasteiger partial charge in [0.25, 0.3) is 0 Å². The number of aliphatic carboxylic acids is 1. The van der Waals surface area contributed by atoms with E-state index in [4.69, 9.17) is 4.74 Å². The first kappa shape index (κ1) is 20.8. The summed E-state index contributed by atoms with van der Waals surface area (Å²) in [6.45, 7) is 11.0. The summed E-state index contributed by atoms with van der Waals surface area (Å²) >= 11 is 0. The molecule has 0 saturated carbocycles. The molecule has 3 rings (SSSR count). The fourth-order valence-corrected chi connectivity index (χ4v) is 5.19. The fourth-order valence-electron chi connectivity index (χ4n) is 5.19. The Morgan fingerprint density at radius 2 is 2.11 bits per heavy atom. The highest BCUT2D eigenvalue weighted by Gasteiger charge is 2.75. The van der Waals surface area contributed by atoms with Gasteiger partial charge in [0.15, 0.2) is 0 Å². The van der Waals surface area contributed by atoms with Crippen molar-refractivity contribution in [2.24, 2.45) is 11.8 Å². The summed E-state index contributed by atoms with van der Waals surface area (Å²) < 4.78 is 6.13. The van der Waals surface area contributed by atoms with Gasteiger partial charge in [0, 0.05) is 12.1 Å². The van der Waals surface area contributed by atoms with Gasteiger partial charge in [-0.3, -0.25) is 14.4 Å². The minimum atomic E-state index is -1.16. The van der Waals surface area contributed by atoms with Crippen molar-refractivity contribution in [1.29, 1.82) is 0 Å². The maximum atomic E-state index is 13.7. The summed E-state index contributed by atoms with van der Waals surface area (Å²) in [5.41, 5.74) is -1.68. The van der Waals surface area contributed by atoms with E-state index >= 15 is 0 Å². The van der Waals surface area contributed by atoms with Crippen molar-refractivity contribution >= 4 is 17.8 Å². The van der Waals surface area contributed by atoms with Crippen molar-refractivity contribution in [3.05, 3.63) is 12.7 Å². The Morgan fingerprint density at radius 3 is 2.61 bits per heavy atom. The molecule has 3 aliphatic heterocycles. The zero-order valence-electron chi connectivity index (χ0n) is 16.9. The second kappa shape index (κ2) is 6.84. The van der Waals surface area contributed by atoms with Crippen LogP contribution >= 0.6 is 0 Å². The molecule has 0 aromatic rings. The van der Waals surface area contributed by atoms with Crippen LogP contribution < -0.4 is 0 Å². The number of ether oxygens (including phenoxy) is 1. The third-order valence-electron chi connectivity index (χ3n) is 6.38. The lowest BCUT2D eigenvalue weighted by atomic mass is 9.70. The van der Waals surface area contributed by atoms with Crippen LogP contribution in [-0.4, -0.2) is 80.3 Å². The van der Waals surface area contributed by atoms with Gasteiger partial charge < -0.3 is 24.7 Å². The van der Waals surface area contributed by atoms with Crippen LogP contribution in [0.3, 0.4) is 0 Å².